The maximum Gasteiger partial charge on any atom is 0.253 e. The first kappa shape index (κ1) is 13.4. The molecule has 2 heterocycles. The van der Waals surface area contributed by atoms with Crippen molar-refractivity contribution in [3.63, 3.8) is 0 Å². The molecular weight excluding hydrogens is 276 g/mol. The fourth-order valence-electron chi connectivity index (χ4n) is 2.83. The zero-order valence-electron chi connectivity index (χ0n) is 11.3. The third kappa shape index (κ3) is 2.40. The highest BCUT2D eigenvalue weighted by Gasteiger charge is 2.29. The molecule has 0 N–H and O–H groups in total. The molecule has 0 radical (unpaired) electrons. The van der Waals surface area contributed by atoms with Gasteiger partial charge in [-0.2, -0.15) is 0 Å². The molecule has 0 atom stereocenters. The second-order valence-electron chi connectivity index (χ2n) is 5.29. The van der Waals surface area contributed by atoms with Gasteiger partial charge in [-0.1, -0.05) is 6.07 Å². The van der Waals surface area contributed by atoms with Crippen LogP contribution in [0.4, 0.5) is 5.69 Å². The van der Waals surface area contributed by atoms with Gasteiger partial charge in [0, 0.05) is 25.2 Å². The molecule has 1 aromatic rings. The maximum atomic E-state index is 12.3. The Balaban J connectivity index is 1.88. The first-order chi connectivity index (χ1) is 9.58. The second kappa shape index (κ2) is 5.09. The number of nitrogens with zero attached hydrogens (tertiary/aromatic N) is 2. The van der Waals surface area contributed by atoms with Gasteiger partial charge >= 0.3 is 0 Å². The molecule has 5 nitrogen and oxygen atoms in total. The summed E-state index contributed by atoms with van der Waals surface area (Å²) in [6.07, 6.45) is 2.74. The van der Waals surface area contributed by atoms with Crippen molar-refractivity contribution in [1.82, 2.24) is 4.90 Å². The van der Waals surface area contributed by atoms with Crippen LogP contribution >= 0.6 is 0 Å². The molecule has 20 heavy (non-hydrogen) atoms. The van der Waals surface area contributed by atoms with E-state index in [0.29, 0.717) is 24.2 Å². The fourth-order valence-corrected chi connectivity index (χ4v) is 4.38. The lowest BCUT2D eigenvalue weighted by Crippen LogP contribution is -2.28. The number of hydrogen-bond donors (Lipinski definition) is 0. The van der Waals surface area contributed by atoms with Crippen LogP contribution in [0.3, 0.4) is 0 Å². The van der Waals surface area contributed by atoms with Gasteiger partial charge in [0.25, 0.3) is 5.91 Å². The lowest BCUT2D eigenvalue weighted by atomic mass is 10.1. The van der Waals surface area contributed by atoms with Crippen LogP contribution in [0.15, 0.2) is 24.3 Å². The normalized spacial score (nSPS) is 21.4. The number of sulfonamides is 1. The Kier molecular flexibility index (Phi) is 3.41. The summed E-state index contributed by atoms with van der Waals surface area (Å²) >= 11 is 0. The first-order valence-electron chi connectivity index (χ1n) is 6.98. The molecule has 108 valence electrons. The topological polar surface area (TPSA) is 57.7 Å². The minimum absolute atomic E-state index is 0.000875. The predicted octanol–water partition coefficient (Wildman–Crippen LogP) is 1.46. The molecule has 2 fully saturated rings. The van der Waals surface area contributed by atoms with Crippen LogP contribution in [0.2, 0.25) is 0 Å². The molecule has 0 spiro atoms. The molecule has 0 unspecified atom stereocenters. The Morgan fingerprint density at radius 2 is 1.80 bits per heavy atom. The van der Waals surface area contributed by atoms with E-state index in [9.17, 15) is 13.2 Å². The molecule has 2 aliphatic heterocycles. The average Bonchev–Trinajstić information content (AvgIpc) is 3.07. The zero-order valence-corrected chi connectivity index (χ0v) is 12.1. The number of benzene rings is 1. The summed E-state index contributed by atoms with van der Waals surface area (Å²) in [7, 11) is -3.19. The van der Waals surface area contributed by atoms with Gasteiger partial charge in [0.1, 0.15) is 0 Å². The van der Waals surface area contributed by atoms with Crippen LogP contribution in [0.5, 0.6) is 0 Å². The Morgan fingerprint density at radius 3 is 2.45 bits per heavy atom. The molecule has 6 heteroatoms. The lowest BCUT2D eigenvalue weighted by molar-refractivity contribution is 0.0793. The van der Waals surface area contributed by atoms with Crippen molar-refractivity contribution >= 4 is 21.6 Å². The molecule has 1 aromatic carbocycles. The van der Waals surface area contributed by atoms with Crippen molar-refractivity contribution in [2.45, 2.75) is 19.3 Å². The monoisotopic (exact) mass is 294 g/mol. The van der Waals surface area contributed by atoms with Crippen LogP contribution in [0, 0.1) is 0 Å². The van der Waals surface area contributed by atoms with Gasteiger partial charge in [0.15, 0.2) is 0 Å². The second-order valence-corrected chi connectivity index (χ2v) is 7.30. The maximum absolute atomic E-state index is 12.3. The summed E-state index contributed by atoms with van der Waals surface area (Å²) in [5, 5.41) is 0. The number of carbonyl (C=O) groups is 1. The summed E-state index contributed by atoms with van der Waals surface area (Å²) in [6, 6.07) is 6.96. The summed E-state index contributed by atoms with van der Waals surface area (Å²) in [4.78, 5) is 14.2. The third-order valence-electron chi connectivity index (χ3n) is 3.87. The van der Waals surface area contributed by atoms with Crippen LogP contribution < -0.4 is 4.31 Å². The summed E-state index contributed by atoms with van der Waals surface area (Å²) in [6.45, 7) is 2.10. The van der Waals surface area contributed by atoms with Crippen LogP contribution in [0.1, 0.15) is 29.6 Å². The Labute approximate surface area is 119 Å². The minimum Gasteiger partial charge on any atom is -0.339 e. The van der Waals surface area contributed by atoms with Crippen LogP contribution in [-0.4, -0.2) is 44.6 Å². The van der Waals surface area contributed by atoms with Gasteiger partial charge in [-0.05, 0) is 37.5 Å². The van der Waals surface area contributed by atoms with E-state index in [1.807, 2.05) is 4.90 Å². The van der Waals surface area contributed by atoms with E-state index in [4.69, 9.17) is 0 Å². The third-order valence-corrected chi connectivity index (χ3v) is 5.74. The molecule has 2 saturated heterocycles. The number of amides is 1. The smallest absolute Gasteiger partial charge is 0.253 e. The van der Waals surface area contributed by atoms with Crippen molar-refractivity contribution < 1.29 is 13.2 Å². The number of rotatable bonds is 2. The predicted molar refractivity (Wildman–Crippen MR) is 77.3 cm³/mol. The zero-order chi connectivity index (χ0) is 14.2. The van der Waals surface area contributed by atoms with Gasteiger partial charge in [-0.3, -0.25) is 9.10 Å². The van der Waals surface area contributed by atoms with Gasteiger partial charge in [0.2, 0.25) is 10.0 Å². The Morgan fingerprint density at radius 1 is 1.05 bits per heavy atom. The molecule has 3 rings (SSSR count). The summed E-state index contributed by atoms with van der Waals surface area (Å²) < 4.78 is 25.3. The Hall–Kier alpha value is -1.56. The van der Waals surface area contributed by atoms with E-state index in [1.54, 1.807) is 24.3 Å². The highest BCUT2D eigenvalue weighted by atomic mass is 32.2. The van der Waals surface area contributed by atoms with Crippen LogP contribution in [0.25, 0.3) is 0 Å². The van der Waals surface area contributed by atoms with E-state index in [2.05, 4.69) is 0 Å². The molecule has 0 saturated carbocycles. The fraction of sp³-hybridized carbons (Fsp3) is 0.500. The number of carbonyl (C=O) groups excluding carboxylic acids is 1. The van der Waals surface area contributed by atoms with E-state index in [-0.39, 0.29) is 11.7 Å². The molecule has 0 aliphatic carbocycles. The van der Waals surface area contributed by atoms with Crippen LogP contribution in [-0.2, 0) is 10.0 Å². The molecule has 2 aliphatic rings. The van der Waals surface area contributed by atoms with Crippen molar-refractivity contribution in [2.24, 2.45) is 0 Å². The van der Waals surface area contributed by atoms with Crippen molar-refractivity contribution in [1.29, 1.82) is 0 Å². The largest absolute Gasteiger partial charge is 0.339 e. The number of anilines is 1. The molecule has 1 amide bonds. The van der Waals surface area contributed by atoms with Crippen molar-refractivity contribution in [2.75, 3.05) is 29.7 Å². The minimum atomic E-state index is -3.19. The standard InChI is InChI=1S/C14H18N2O3S/c17-14(15-7-1-2-8-15)12-5-3-6-13(11-12)16-9-4-10-20(16,18)19/h3,5-6,11H,1-2,4,7-10H2. The molecular formula is C14H18N2O3S. The SMILES string of the molecule is O=C(c1cccc(N2CCCS2(=O)=O)c1)N1CCCC1. The number of hydrogen-bond acceptors (Lipinski definition) is 3. The van der Waals surface area contributed by atoms with E-state index >= 15 is 0 Å². The van der Waals surface area contributed by atoms with Gasteiger partial charge in [-0.25, -0.2) is 8.42 Å². The Bertz CT molecular complexity index is 621. The highest BCUT2D eigenvalue weighted by molar-refractivity contribution is 7.93. The first-order valence-corrected chi connectivity index (χ1v) is 8.59. The van der Waals surface area contributed by atoms with E-state index in [0.717, 1.165) is 25.9 Å². The van der Waals surface area contributed by atoms with Gasteiger partial charge in [-0.15, -0.1) is 0 Å². The highest BCUT2D eigenvalue weighted by Crippen LogP contribution is 2.25. The van der Waals surface area contributed by atoms with E-state index < -0.39 is 10.0 Å². The molecule has 0 aromatic heterocycles. The number of likely N-dealkylation sites (tertiary alicyclic amines) is 1. The molecule has 0 bridgehead atoms. The summed E-state index contributed by atoms with van der Waals surface area (Å²) in [5.74, 6) is 0.193. The van der Waals surface area contributed by atoms with Crippen molar-refractivity contribution in [3.05, 3.63) is 29.8 Å². The summed E-state index contributed by atoms with van der Waals surface area (Å²) in [5.41, 5.74) is 1.18. The van der Waals surface area contributed by atoms with E-state index in [1.165, 1.54) is 4.31 Å². The quantitative estimate of drug-likeness (QED) is 0.830. The van der Waals surface area contributed by atoms with Gasteiger partial charge in [0.05, 0.1) is 11.4 Å². The van der Waals surface area contributed by atoms with Gasteiger partial charge < -0.3 is 4.90 Å². The average molecular weight is 294 g/mol. The lowest BCUT2D eigenvalue weighted by Gasteiger charge is -2.19. The van der Waals surface area contributed by atoms with Crippen molar-refractivity contribution in [3.8, 4) is 0 Å².